The smallest absolute Gasteiger partial charge is 0.180 e. The van der Waals surface area contributed by atoms with Gasteiger partial charge in [-0.1, -0.05) is 19.4 Å². The topological polar surface area (TPSA) is 38.9 Å². The first kappa shape index (κ1) is 13.9. The van der Waals surface area contributed by atoms with Crippen LogP contribution in [0, 0.1) is 18.6 Å². The lowest BCUT2D eigenvalue weighted by Crippen LogP contribution is -2.00. The van der Waals surface area contributed by atoms with Crippen LogP contribution in [-0.4, -0.2) is 4.98 Å². The molecular formula is C14H16F2N2S. The SMILES string of the molecule is CCCc1nc(N)sc1Cc1c(F)ccc(C)c1F. The molecule has 0 fully saturated rings. The van der Waals surface area contributed by atoms with Gasteiger partial charge >= 0.3 is 0 Å². The Kier molecular flexibility index (Phi) is 4.14. The maximum absolute atomic E-state index is 14.0. The second-order valence-corrected chi connectivity index (χ2v) is 5.62. The average molecular weight is 282 g/mol. The number of rotatable bonds is 4. The zero-order chi connectivity index (χ0) is 14.0. The van der Waals surface area contributed by atoms with E-state index in [4.69, 9.17) is 5.73 Å². The van der Waals surface area contributed by atoms with Gasteiger partial charge in [0.25, 0.3) is 0 Å². The van der Waals surface area contributed by atoms with Crippen molar-refractivity contribution in [3.63, 3.8) is 0 Å². The summed E-state index contributed by atoms with van der Waals surface area (Å²) in [6, 6.07) is 2.75. The standard InChI is InChI=1S/C14H16F2N2S/c1-3-4-11-12(19-14(17)18-11)7-9-10(15)6-5-8(2)13(9)16/h5-6H,3-4,7H2,1-2H3,(H2,17,18). The van der Waals surface area contributed by atoms with E-state index in [0.717, 1.165) is 23.4 Å². The van der Waals surface area contributed by atoms with E-state index >= 15 is 0 Å². The summed E-state index contributed by atoms with van der Waals surface area (Å²) in [6.07, 6.45) is 1.91. The first-order valence-corrected chi connectivity index (χ1v) is 7.02. The van der Waals surface area contributed by atoms with Crippen molar-refractivity contribution in [3.8, 4) is 0 Å². The van der Waals surface area contributed by atoms with Gasteiger partial charge in [-0.25, -0.2) is 13.8 Å². The van der Waals surface area contributed by atoms with Crippen molar-refractivity contribution in [1.82, 2.24) is 4.98 Å². The summed E-state index contributed by atoms with van der Waals surface area (Å²) in [7, 11) is 0. The molecule has 5 heteroatoms. The molecule has 0 amide bonds. The van der Waals surface area contributed by atoms with Crippen LogP contribution >= 0.6 is 11.3 Å². The molecule has 2 rings (SSSR count). The number of benzene rings is 1. The van der Waals surface area contributed by atoms with Gasteiger partial charge < -0.3 is 5.73 Å². The number of anilines is 1. The summed E-state index contributed by atoms with van der Waals surface area (Å²) in [5.41, 5.74) is 7.09. The maximum Gasteiger partial charge on any atom is 0.180 e. The number of halogens is 2. The molecule has 1 aromatic carbocycles. The molecule has 1 aromatic heterocycles. The second-order valence-electron chi connectivity index (χ2n) is 4.51. The third-order valence-corrected chi connectivity index (χ3v) is 3.92. The van der Waals surface area contributed by atoms with Gasteiger partial charge in [0.1, 0.15) is 11.6 Å². The summed E-state index contributed by atoms with van der Waals surface area (Å²) in [5, 5.41) is 0.451. The zero-order valence-electron chi connectivity index (χ0n) is 11.0. The first-order valence-electron chi connectivity index (χ1n) is 6.20. The Morgan fingerprint density at radius 1 is 1.32 bits per heavy atom. The van der Waals surface area contributed by atoms with E-state index in [0.29, 0.717) is 10.7 Å². The lowest BCUT2D eigenvalue weighted by molar-refractivity contribution is 0.556. The molecule has 0 radical (unpaired) electrons. The van der Waals surface area contributed by atoms with Gasteiger partial charge in [0.15, 0.2) is 5.13 Å². The summed E-state index contributed by atoms with van der Waals surface area (Å²) in [4.78, 5) is 5.08. The number of nitrogen functional groups attached to an aromatic ring is 1. The van der Waals surface area contributed by atoms with Crippen LogP contribution in [0.4, 0.5) is 13.9 Å². The van der Waals surface area contributed by atoms with Crippen molar-refractivity contribution >= 4 is 16.5 Å². The van der Waals surface area contributed by atoms with Crippen LogP contribution in [0.25, 0.3) is 0 Å². The van der Waals surface area contributed by atoms with E-state index < -0.39 is 11.6 Å². The highest BCUT2D eigenvalue weighted by Gasteiger charge is 2.16. The number of nitrogens with two attached hydrogens (primary N) is 1. The molecule has 0 aliphatic carbocycles. The fourth-order valence-electron chi connectivity index (χ4n) is 2.01. The highest BCUT2D eigenvalue weighted by molar-refractivity contribution is 7.15. The van der Waals surface area contributed by atoms with Crippen molar-refractivity contribution in [2.24, 2.45) is 0 Å². The Bertz CT molecular complexity index is 593. The van der Waals surface area contributed by atoms with Crippen LogP contribution in [-0.2, 0) is 12.8 Å². The third-order valence-electron chi connectivity index (χ3n) is 3.00. The molecule has 0 saturated heterocycles. The fraction of sp³-hybridized carbons (Fsp3) is 0.357. The highest BCUT2D eigenvalue weighted by Crippen LogP contribution is 2.27. The molecular weight excluding hydrogens is 266 g/mol. The normalized spacial score (nSPS) is 10.9. The Hall–Kier alpha value is -1.49. The van der Waals surface area contributed by atoms with E-state index in [1.54, 1.807) is 6.92 Å². The number of aryl methyl sites for hydroxylation is 2. The molecule has 0 atom stereocenters. The Labute approximate surface area is 115 Å². The van der Waals surface area contributed by atoms with E-state index in [2.05, 4.69) is 4.98 Å². The highest BCUT2D eigenvalue weighted by atomic mass is 32.1. The van der Waals surface area contributed by atoms with Crippen molar-refractivity contribution in [3.05, 3.63) is 45.5 Å². The molecule has 0 spiro atoms. The minimum atomic E-state index is -0.516. The van der Waals surface area contributed by atoms with Gasteiger partial charge in [0, 0.05) is 16.9 Å². The van der Waals surface area contributed by atoms with E-state index in [1.165, 1.54) is 23.5 Å². The quantitative estimate of drug-likeness (QED) is 0.925. The predicted octanol–water partition coefficient (Wildman–Crippen LogP) is 3.86. The van der Waals surface area contributed by atoms with Crippen LogP contribution in [0.5, 0.6) is 0 Å². The molecule has 0 aliphatic heterocycles. The Balaban J connectivity index is 2.38. The molecule has 2 aromatic rings. The monoisotopic (exact) mass is 282 g/mol. The van der Waals surface area contributed by atoms with Crippen LogP contribution in [0.3, 0.4) is 0 Å². The van der Waals surface area contributed by atoms with Gasteiger partial charge in [-0.05, 0) is 25.0 Å². The third kappa shape index (κ3) is 2.92. The van der Waals surface area contributed by atoms with Crippen molar-refractivity contribution in [1.29, 1.82) is 0 Å². The summed E-state index contributed by atoms with van der Waals surface area (Å²) in [6.45, 7) is 3.67. The number of nitrogens with zero attached hydrogens (tertiary/aromatic N) is 1. The van der Waals surface area contributed by atoms with Crippen LogP contribution in [0.15, 0.2) is 12.1 Å². The molecule has 0 saturated carbocycles. The van der Waals surface area contributed by atoms with Crippen LogP contribution < -0.4 is 5.73 Å². The average Bonchev–Trinajstić information content (AvgIpc) is 2.71. The van der Waals surface area contributed by atoms with Gasteiger partial charge in [-0.3, -0.25) is 0 Å². The minimum absolute atomic E-state index is 0.0982. The van der Waals surface area contributed by atoms with Gasteiger partial charge in [0.05, 0.1) is 5.69 Å². The lowest BCUT2D eigenvalue weighted by atomic mass is 10.0. The van der Waals surface area contributed by atoms with E-state index in [9.17, 15) is 8.78 Å². The molecule has 102 valence electrons. The number of aromatic nitrogens is 1. The number of thiazole rings is 1. The molecule has 0 bridgehead atoms. The zero-order valence-corrected chi connectivity index (χ0v) is 11.8. The summed E-state index contributed by atoms with van der Waals surface area (Å²) < 4.78 is 27.7. The largest absolute Gasteiger partial charge is 0.375 e. The van der Waals surface area contributed by atoms with Crippen molar-refractivity contribution in [2.45, 2.75) is 33.1 Å². The maximum atomic E-state index is 14.0. The fourth-order valence-corrected chi connectivity index (χ4v) is 2.90. The summed E-state index contributed by atoms with van der Waals surface area (Å²) in [5.74, 6) is -0.994. The minimum Gasteiger partial charge on any atom is -0.375 e. The second kappa shape index (κ2) is 5.65. The van der Waals surface area contributed by atoms with E-state index in [-0.39, 0.29) is 12.0 Å². The van der Waals surface area contributed by atoms with Crippen LogP contribution in [0.2, 0.25) is 0 Å². The predicted molar refractivity (Wildman–Crippen MR) is 74.4 cm³/mol. The number of hydrogen-bond donors (Lipinski definition) is 1. The van der Waals surface area contributed by atoms with Gasteiger partial charge in [0.2, 0.25) is 0 Å². The number of hydrogen-bond acceptors (Lipinski definition) is 3. The molecule has 2 nitrogen and oxygen atoms in total. The first-order chi connectivity index (χ1) is 9.02. The Morgan fingerprint density at radius 3 is 2.74 bits per heavy atom. The molecule has 19 heavy (non-hydrogen) atoms. The molecule has 0 unspecified atom stereocenters. The van der Waals surface area contributed by atoms with Gasteiger partial charge in [-0.2, -0.15) is 0 Å². The van der Waals surface area contributed by atoms with Crippen molar-refractivity contribution in [2.75, 3.05) is 5.73 Å². The van der Waals surface area contributed by atoms with Crippen molar-refractivity contribution < 1.29 is 8.78 Å². The Morgan fingerprint density at radius 2 is 2.05 bits per heavy atom. The van der Waals surface area contributed by atoms with Crippen LogP contribution in [0.1, 0.15) is 35.0 Å². The molecule has 0 aliphatic rings. The molecule has 1 heterocycles. The van der Waals surface area contributed by atoms with Gasteiger partial charge in [-0.15, -0.1) is 11.3 Å². The lowest BCUT2D eigenvalue weighted by Gasteiger charge is -2.07. The molecule has 2 N–H and O–H groups in total. The van der Waals surface area contributed by atoms with E-state index in [1.807, 2.05) is 6.92 Å². The summed E-state index contributed by atoms with van der Waals surface area (Å²) >= 11 is 1.31.